The Balaban J connectivity index is 1.31. The highest BCUT2D eigenvalue weighted by atomic mass is 32.1. The smallest absolute Gasteiger partial charge is 0.230 e. The number of amides is 1. The van der Waals surface area contributed by atoms with E-state index in [1.807, 2.05) is 17.5 Å². The molecule has 0 spiro atoms. The number of nitrogens with zero attached hydrogens (tertiary/aromatic N) is 2. The molecule has 0 aliphatic carbocycles. The van der Waals surface area contributed by atoms with Crippen LogP contribution >= 0.6 is 11.3 Å². The molecular formula is C23H25N3OS. The fraction of sp³-hybridized carbons (Fsp3) is 0.304. The first-order chi connectivity index (χ1) is 13.8. The highest BCUT2D eigenvalue weighted by Gasteiger charge is 2.21. The Morgan fingerprint density at radius 2 is 1.93 bits per heavy atom. The summed E-state index contributed by atoms with van der Waals surface area (Å²) in [5, 5.41) is 4.93. The van der Waals surface area contributed by atoms with Gasteiger partial charge >= 0.3 is 0 Å². The van der Waals surface area contributed by atoms with Crippen LogP contribution in [0.15, 0.2) is 65.5 Å². The highest BCUT2D eigenvalue weighted by Crippen LogP contribution is 2.30. The Morgan fingerprint density at radius 3 is 2.68 bits per heavy atom. The molecule has 0 saturated carbocycles. The molecule has 3 aromatic rings. The van der Waals surface area contributed by atoms with Crippen LogP contribution in [0.1, 0.15) is 35.6 Å². The van der Waals surface area contributed by atoms with Gasteiger partial charge in [0.05, 0.1) is 17.6 Å². The highest BCUT2D eigenvalue weighted by molar-refractivity contribution is 7.07. The van der Waals surface area contributed by atoms with E-state index in [2.05, 4.69) is 57.7 Å². The Kier molecular flexibility index (Phi) is 6.14. The molecule has 1 N–H and O–H groups in total. The summed E-state index contributed by atoms with van der Waals surface area (Å²) in [4.78, 5) is 18.9. The molecule has 1 aliphatic rings. The van der Waals surface area contributed by atoms with Crippen LogP contribution in [0.5, 0.6) is 0 Å². The van der Waals surface area contributed by atoms with Crippen molar-refractivity contribution in [1.82, 2.24) is 9.88 Å². The zero-order valence-electron chi connectivity index (χ0n) is 15.9. The maximum Gasteiger partial charge on any atom is 0.230 e. The molecule has 1 saturated heterocycles. The minimum Gasteiger partial charge on any atom is -0.326 e. The van der Waals surface area contributed by atoms with Crippen LogP contribution in [-0.2, 0) is 17.8 Å². The quantitative estimate of drug-likeness (QED) is 0.662. The first-order valence-electron chi connectivity index (χ1n) is 9.79. The topological polar surface area (TPSA) is 45.2 Å². The van der Waals surface area contributed by atoms with Crippen molar-refractivity contribution in [3.63, 3.8) is 0 Å². The van der Waals surface area contributed by atoms with Crippen molar-refractivity contribution in [3.8, 4) is 0 Å². The van der Waals surface area contributed by atoms with Crippen molar-refractivity contribution in [2.24, 2.45) is 0 Å². The number of aromatic nitrogens is 1. The molecule has 1 aromatic heterocycles. The molecule has 1 aliphatic heterocycles. The van der Waals surface area contributed by atoms with Crippen LogP contribution in [0.3, 0.4) is 0 Å². The summed E-state index contributed by atoms with van der Waals surface area (Å²) in [7, 11) is 0. The molecule has 2 aromatic carbocycles. The van der Waals surface area contributed by atoms with E-state index in [9.17, 15) is 4.79 Å². The zero-order valence-corrected chi connectivity index (χ0v) is 16.7. The van der Waals surface area contributed by atoms with Crippen molar-refractivity contribution in [2.45, 2.75) is 31.7 Å². The molecule has 0 radical (unpaired) electrons. The van der Waals surface area contributed by atoms with E-state index >= 15 is 0 Å². The third-order valence-corrected chi connectivity index (χ3v) is 5.94. The maximum atomic E-state index is 12.2. The standard InChI is InChI=1S/C23H25N3OS/c27-23(14-22-16-28-17-24-22)25-21-8-4-7-20(13-21)19-9-11-26(12-10-19)15-18-5-2-1-3-6-18/h1-8,13,16-17,19H,9-12,14-15H2,(H,25,27). The van der Waals surface area contributed by atoms with Crippen molar-refractivity contribution >= 4 is 22.9 Å². The Morgan fingerprint density at radius 1 is 1.11 bits per heavy atom. The van der Waals surface area contributed by atoms with E-state index in [4.69, 9.17) is 0 Å². The van der Waals surface area contributed by atoms with E-state index in [1.54, 1.807) is 5.51 Å². The number of piperidine rings is 1. The van der Waals surface area contributed by atoms with Crippen LogP contribution < -0.4 is 5.32 Å². The van der Waals surface area contributed by atoms with E-state index in [-0.39, 0.29) is 5.91 Å². The first kappa shape index (κ1) is 18.8. The van der Waals surface area contributed by atoms with Gasteiger partial charge in [0.1, 0.15) is 0 Å². The van der Waals surface area contributed by atoms with Gasteiger partial charge in [-0.15, -0.1) is 11.3 Å². The maximum absolute atomic E-state index is 12.2. The van der Waals surface area contributed by atoms with Crippen LogP contribution in [0.25, 0.3) is 0 Å². The first-order valence-corrected chi connectivity index (χ1v) is 10.7. The predicted octanol–water partition coefficient (Wildman–Crippen LogP) is 4.70. The molecule has 0 atom stereocenters. The SMILES string of the molecule is O=C(Cc1cscn1)Nc1cccc(C2CCN(Cc3ccccc3)CC2)c1. The second-order valence-electron chi connectivity index (χ2n) is 7.37. The van der Waals surface area contributed by atoms with Gasteiger partial charge in [-0.1, -0.05) is 42.5 Å². The third kappa shape index (κ3) is 5.06. The van der Waals surface area contributed by atoms with Gasteiger partial charge in [0.15, 0.2) is 0 Å². The Labute approximate surface area is 170 Å². The summed E-state index contributed by atoms with van der Waals surface area (Å²) in [5.74, 6) is 0.545. The van der Waals surface area contributed by atoms with Crippen molar-refractivity contribution in [1.29, 1.82) is 0 Å². The molecule has 1 fully saturated rings. The zero-order chi connectivity index (χ0) is 19.2. The largest absolute Gasteiger partial charge is 0.326 e. The summed E-state index contributed by atoms with van der Waals surface area (Å²) in [6.45, 7) is 3.25. The van der Waals surface area contributed by atoms with Gasteiger partial charge in [-0.2, -0.15) is 0 Å². The molecule has 2 heterocycles. The van der Waals surface area contributed by atoms with Crippen molar-refractivity contribution in [2.75, 3.05) is 18.4 Å². The minimum atomic E-state index is -0.0132. The molecular weight excluding hydrogens is 366 g/mol. The normalized spacial score (nSPS) is 15.4. The molecule has 28 heavy (non-hydrogen) atoms. The number of benzene rings is 2. The van der Waals surface area contributed by atoms with Gasteiger partial charge in [0.25, 0.3) is 0 Å². The van der Waals surface area contributed by atoms with E-state index in [1.165, 1.54) is 22.5 Å². The number of rotatable bonds is 6. The molecule has 0 unspecified atom stereocenters. The number of hydrogen-bond donors (Lipinski definition) is 1. The fourth-order valence-corrected chi connectivity index (χ4v) is 4.39. The van der Waals surface area contributed by atoms with Gasteiger partial charge in [-0.3, -0.25) is 9.69 Å². The monoisotopic (exact) mass is 391 g/mol. The number of hydrogen-bond acceptors (Lipinski definition) is 4. The molecule has 5 heteroatoms. The van der Waals surface area contributed by atoms with Crippen LogP contribution in [-0.4, -0.2) is 28.9 Å². The van der Waals surface area contributed by atoms with Crippen LogP contribution in [0, 0.1) is 0 Å². The van der Waals surface area contributed by atoms with E-state index in [0.717, 1.165) is 43.9 Å². The second-order valence-corrected chi connectivity index (χ2v) is 8.08. The minimum absolute atomic E-state index is 0.0132. The molecule has 4 rings (SSSR count). The average Bonchev–Trinajstić information content (AvgIpc) is 3.22. The Hall–Kier alpha value is -2.50. The number of likely N-dealkylation sites (tertiary alicyclic amines) is 1. The van der Waals surface area contributed by atoms with Gasteiger partial charge in [0, 0.05) is 17.6 Å². The number of thiazole rings is 1. The third-order valence-electron chi connectivity index (χ3n) is 5.30. The lowest BCUT2D eigenvalue weighted by atomic mass is 9.89. The number of carbonyl (C=O) groups is 1. The summed E-state index contributed by atoms with van der Waals surface area (Å²) >= 11 is 1.51. The molecule has 0 bridgehead atoms. The summed E-state index contributed by atoms with van der Waals surface area (Å²) in [6, 6.07) is 19.0. The average molecular weight is 392 g/mol. The van der Waals surface area contributed by atoms with E-state index < -0.39 is 0 Å². The molecule has 4 nitrogen and oxygen atoms in total. The van der Waals surface area contributed by atoms with Gasteiger partial charge in [-0.25, -0.2) is 4.98 Å². The van der Waals surface area contributed by atoms with Crippen molar-refractivity contribution in [3.05, 3.63) is 82.3 Å². The second kappa shape index (κ2) is 9.13. The lowest BCUT2D eigenvalue weighted by Gasteiger charge is -2.32. The predicted molar refractivity (Wildman–Crippen MR) is 115 cm³/mol. The van der Waals surface area contributed by atoms with Gasteiger partial charge in [-0.05, 0) is 55.1 Å². The fourth-order valence-electron chi connectivity index (χ4n) is 3.83. The lowest BCUT2D eigenvalue weighted by molar-refractivity contribution is -0.115. The van der Waals surface area contributed by atoms with Crippen LogP contribution in [0.2, 0.25) is 0 Å². The molecule has 1 amide bonds. The van der Waals surface area contributed by atoms with Crippen molar-refractivity contribution < 1.29 is 4.79 Å². The Bertz CT molecular complexity index is 887. The summed E-state index contributed by atoms with van der Waals surface area (Å²) in [6.07, 6.45) is 2.64. The summed E-state index contributed by atoms with van der Waals surface area (Å²) < 4.78 is 0. The molecule has 144 valence electrons. The van der Waals surface area contributed by atoms with Gasteiger partial charge < -0.3 is 5.32 Å². The number of carbonyl (C=O) groups excluding carboxylic acids is 1. The lowest BCUT2D eigenvalue weighted by Crippen LogP contribution is -2.32. The number of nitrogens with one attached hydrogen (secondary N) is 1. The van der Waals surface area contributed by atoms with Crippen LogP contribution in [0.4, 0.5) is 5.69 Å². The van der Waals surface area contributed by atoms with E-state index in [0.29, 0.717) is 12.3 Å². The van der Waals surface area contributed by atoms with Gasteiger partial charge in [0.2, 0.25) is 5.91 Å². The summed E-state index contributed by atoms with van der Waals surface area (Å²) in [5.41, 5.74) is 6.17. The number of anilines is 1.